The zero-order valence-electron chi connectivity index (χ0n) is 12.9. The van der Waals surface area contributed by atoms with Crippen LogP contribution in [0.2, 0.25) is 0 Å². The van der Waals surface area contributed by atoms with Gasteiger partial charge < -0.3 is 9.73 Å². The number of nitrogens with one attached hydrogen (secondary N) is 1. The summed E-state index contributed by atoms with van der Waals surface area (Å²) in [5.41, 5.74) is 0. The van der Waals surface area contributed by atoms with Gasteiger partial charge in [0.05, 0.1) is 10.6 Å². The zero-order valence-corrected chi connectivity index (χ0v) is 14.5. The minimum atomic E-state index is 0.00451. The molecule has 5 nitrogen and oxygen atoms in total. The molecule has 22 heavy (non-hydrogen) atoms. The van der Waals surface area contributed by atoms with Crippen LogP contribution in [-0.2, 0) is 4.79 Å². The van der Waals surface area contributed by atoms with E-state index in [9.17, 15) is 4.79 Å². The normalized spacial score (nSPS) is 12.3. The zero-order chi connectivity index (χ0) is 15.8. The van der Waals surface area contributed by atoms with Gasteiger partial charge in [-0.05, 0) is 24.8 Å². The third-order valence-electron chi connectivity index (χ3n) is 3.11. The van der Waals surface area contributed by atoms with Gasteiger partial charge in [0.2, 0.25) is 5.91 Å². The molecule has 120 valence electrons. The highest BCUT2D eigenvalue weighted by Crippen LogP contribution is 2.26. The summed E-state index contributed by atoms with van der Waals surface area (Å²) in [6, 6.07) is 4.07. The maximum atomic E-state index is 11.9. The number of unbranched alkanes of at least 4 members (excludes halogenated alkanes) is 2. The Balaban J connectivity index is 1.72. The number of carbonyl (C=O) groups is 1. The van der Waals surface area contributed by atoms with E-state index in [4.69, 9.17) is 4.42 Å². The molecule has 2 rings (SSSR count). The number of aromatic nitrogens is 2. The molecule has 0 radical (unpaired) electrons. The number of hydrogen-bond donors (Lipinski definition) is 1. The maximum Gasteiger partial charge on any atom is 0.277 e. The molecule has 2 aromatic heterocycles. The molecule has 2 aromatic rings. The molecule has 0 aliphatic rings. The number of rotatable bonds is 9. The van der Waals surface area contributed by atoms with Crippen molar-refractivity contribution in [3.63, 3.8) is 0 Å². The van der Waals surface area contributed by atoms with Crippen LogP contribution in [0.25, 0.3) is 10.8 Å². The second-order valence-corrected chi connectivity index (χ2v) is 6.98. The highest BCUT2D eigenvalue weighted by Gasteiger charge is 2.13. The van der Waals surface area contributed by atoms with E-state index in [1.165, 1.54) is 24.6 Å². The number of thiophene rings is 1. The number of thioether (sulfide) groups is 1. The highest BCUT2D eigenvalue weighted by molar-refractivity contribution is 7.99. The molecule has 0 fully saturated rings. The van der Waals surface area contributed by atoms with Crippen molar-refractivity contribution >= 4 is 29.0 Å². The molecule has 1 atom stereocenters. The van der Waals surface area contributed by atoms with Gasteiger partial charge >= 0.3 is 0 Å². The number of carbonyl (C=O) groups excluding carboxylic acids is 1. The number of nitrogens with zero attached hydrogens (tertiary/aromatic N) is 2. The predicted octanol–water partition coefficient (Wildman–Crippen LogP) is 3.98. The van der Waals surface area contributed by atoms with Crippen molar-refractivity contribution in [1.82, 2.24) is 15.5 Å². The third-order valence-corrected chi connectivity index (χ3v) is 4.79. The monoisotopic (exact) mass is 339 g/mol. The van der Waals surface area contributed by atoms with Crippen LogP contribution >= 0.6 is 23.1 Å². The smallest absolute Gasteiger partial charge is 0.277 e. The Morgan fingerprint density at radius 3 is 3.05 bits per heavy atom. The number of amides is 1. The van der Waals surface area contributed by atoms with Gasteiger partial charge in [-0.3, -0.25) is 4.79 Å². The van der Waals surface area contributed by atoms with Gasteiger partial charge in [-0.15, -0.1) is 21.5 Å². The van der Waals surface area contributed by atoms with Gasteiger partial charge in [0, 0.05) is 6.04 Å². The molecule has 0 saturated heterocycles. The second-order valence-electron chi connectivity index (χ2n) is 5.10. The average molecular weight is 339 g/mol. The minimum Gasteiger partial charge on any atom is -0.410 e. The van der Waals surface area contributed by atoms with E-state index >= 15 is 0 Å². The van der Waals surface area contributed by atoms with Crippen molar-refractivity contribution in [1.29, 1.82) is 0 Å². The standard InChI is InChI=1S/C15H21N3O2S2/c1-3-4-5-7-11(2)16-13(19)10-22-15-18-17-14(20-15)12-8-6-9-21-12/h6,8-9,11H,3-5,7,10H2,1-2H3,(H,16,19)/t11-/m0/s1. The van der Waals surface area contributed by atoms with Gasteiger partial charge in [-0.25, -0.2) is 0 Å². The summed E-state index contributed by atoms with van der Waals surface area (Å²) in [7, 11) is 0. The van der Waals surface area contributed by atoms with Crippen LogP contribution in [0, 0.1) is 0 Å². The van der Waals surface area contributed by atoms with Crippen molar-refractivity contribution in [2.45, 2.75) is 50.8 Å². The summed E-state index contributed by atoms with van der Waals surface area (Å²) in [6.07, 6.45) is 4.58. The molecule has 0 aliphatic heterocycles. The SMILES string of the molecule is CCCCC[C@H](C)NC(=O)CSc1nnc(-c2cccs2)o1. The van der Waals surface area contributed by atoms with Crippen LogP contribution in [0.3, 0.4) is 0 Å². The van der Waals surface area contributed by atoms with Crippen molar-refractivity contribution in [3.8, 4) is 10.8 Å². The van der Waals surface area contributed by atoms with E-state index in [0.29, 0.717) is 16.9 Å². The summed E-state index contributed by atoms with van der Waals surface area (Å²) in [5, 5.41) is 13.3. The quantitative estimate of drug-likeness (QED) is 0.553. The number of hydrogen-bond acceptors (Lipinski definition) is 6. The molecule has 0 saturated carbocycles. The molecule has 0 spiro atoms. The van der Waals surface area contributed by atoms with E-state index in [1.54, 1.807) is 11.3 Å². The van der Waals surface area contributed by atoms with Crippen LogP contribution in [0.5, 0.6) is 0 Å². The fourth-order valence-electron chi connectivity index (χ4n) is 1.98. The van der Waals surface area contributed by atoms with Crippen molar-refractivity contribution < 1.29 is 9.21 Å². The van der Waals surface area contributed by atoms with Crippen LogP contribution in [0.4, 0.5) is 0 Å². The maximum absolute atomic E-state index is 11.9. The van der Waals surface area contributed by atoms with E-state index in [0.717, 1.165) is 17.7 Å². The summed E-state index contributed by atoms with van der Waals surface area (Å²) >= 11 is 2.82. The Hall–Kier alpha value is -1.34. The molecule has 7 heteroatoms. The van der Waals surface area contributed by atoms with Gasteiger partial charge in [-0.1, -0.05) is 44.0 Å². The molecule has 0 unspecified atom stereocenters. The average Bonchev–Trinajstić information content (AvgIpc) is 3.16. The lowest BCUT2D eigenvalue weighted by Crippen LogP contribution is -2.33. The Kier molecular flexibility index (Phi) is 6.92. The molecule has 1 N–H and O–H groups in total. The van der Waals surface area contributed by atoms with Gasteiger partial charge in [-0.2, -0.15) is 0 Å². The van der Waals surface area contributed by atoms with Gasteiger partial charge in [0.25, 0.3) is 11.1 Å². The fourth-order valence-corrected chi connectivity index (χ4v) is 3.20. The van der Waals surface area contributed by atoms with Crippen molar-refractivity contribution in [2.75, 3.05) is 5.75 Å². The largest absolute Gasteiger partial charge is 0.410 e. The molecule has 2 heterocycles. The first-order valence-electron chi connectivity index (χ1n) is 7.48. The summed E-state index contributed by atoms with van der Waals surface area (Å²) in [5.74, 6) is 0.806. The minimum absolute atomic E-state index is 0.00451. The summed E-state index contributed by atoms with van der Waals surface area (Å²) in [6.45, 7) is 4.22. The van der Waals surface area contributed by atoms with Gasteiger partial charge in [0.15, 0.2) is 0 Å². The predicted molar refractivity (Wildman–Crippen MR) is 90.1 cm³/mol. The van der Waals surface area contributed by atoms with E-state index in [2.05, 4.69) is 22.4 Å². The Morgan fingerprint density at radius 1 is 1.45 bits per heavy atom. The lowest BCUT2D eigenvalue weighted by atomic mass is 10.1. The molecule has 0 bridgehead atoms. The summed E-state index contributed by atoms with van der Waals surface area (Å²) in [4.78, 5) is 12.8. The molecule has 1 amide bonds. The van der Waals surface area contributed by atoms with Crippen LogP contribution in [0.15, 0.2) is 27.2 Å². The topological polar surface area (TPSA) is 68.0 Å². The van der Waals surface area contributed by atoms with Crippen LogP contribution in [0.1, 0.15) is 39.5 Å². The van der Waals surface area contributed by atoms with Crippen LogP contribution < -0.4 is 5.32 Å². The van der Waals surface area contributed by atoms with E-state index in [-0.39, 0.29) is 11.9 Å². The first kappa shape index (κ1) is 17.0. The van der Waals surface area contributed by atoms with E-state index < -0.39 is 0 Å². The second kappa shape index (κ2) is 8.95. The summed E-state index contributed by atoms with van der Waals surface area (Å²) < 4.78 is 5.53. The lowest BCUT2D eigenvalue weighted by molar-refractivity contribution is -0.119. The first-order valence-corrected chi connectivity index (χ1v) is 9.35. The highest BCUT2D eigenvalue weighted by atomic mass is 32.2. The Morgan fingerprint density at radius 2 is 2.32 bits per heavy atom. The molecule has 0 aliphatic carbocycles. The van der Waals surface area contributed by atoms with Gasteiger partial charge in [0.1, 0.15) is 0 Å². The fraction of sp³-hybridized carbons (Fsp3) is 0.533. The molecular formula is C15H21N3O2S2. The lowest BCUT2D eigenvalue weighted by Gasteiger charge is -2.12. The van der Waals surface area contributed by atoms with E-state index in [1.807, 2.05) is 24.4 Å². The third kappa shape index (κ3) is 5.46. The van der Waals surface area contributed by atoms with Crippen LogP contribution in [-0.4, -0.2) is 27.9 Å². The van der Waals surface area contributed by atoms with Crippen molar-refractivity contribution in [2.24, 2.45) is 0 Å². The Bertz CT molecular complexity index is 569. The molecule has 0 aromatic carbocycles. The first-order chi connectivity index (χ1) is 10.7. The van der Waals surface area contributed by atoms with Crippen molar-refractivity contribution in [3.05, 3.63) is 17.5 Å². The Labute approximate surface area is 138 Å². The molecular weight excluding hydrogens is 318 g/mol.